The van der Waals surface area contributed by atoms with Crippen molar-refractivity contribution >= 4 is 12.0 Å². The predicted molar refractivity (Wildman–Crippen MR) is 107 cm³/mol. The van der Waals surface area contributed by atoms with Gasteiger partial charge in [0.2, 0.25) is 0 Å². The maximum atomic E-state index is 12.3. The first-order valence-corrected chi connectivity index (χ1v) is 8.91. The van der Waals surface area contributed by atoms with Crippen molar-refractivity contribution in [3.05, 3.63) is 76.9 Å². The minimum absolute atomic E-state index is 0.0423. The molecule has 0 aliphatic heterocycles. The Labute approximate surface area is 152 Å². The van der Waals surface area contributed by atoms with Gasteiger partial charge in [-0.3, -0.25) is 4.79 Å². The minimum Gasteiger partial charge on any atom is -0.348 e. The standard InChI is InChI=1S/C23H29NO/c1-17(2)20-10-8-19(9-11-20)16-24-22(25)21-12-6-18(7-13-21)14-15-23(3,4)5/h6-15,17H,16H2,1-5H3,(H,24,25)/b15-14+. The Hall–Kier alpha value is -2.35. The summed E-state index contributed by atoms with van der Waals surface area (Å²) in [6, 6.07) is 16.1. The van der Waals surface area contributed by atoms with Crippen LogP contribution < -0.4 is 5.32 Å². The van der Waals surface area contributed by atoms with Gasteiger partial charge in [-0.25, -0.2) is 0 Å². The highest BCUT2D eigenvalue weighted by Crippen LogP contribution is 2.17. The van der Waals surface area contributed by atoms with Crippen LogP contribution >= 0.6 is 0 Å². The summed E-state index contributed by atoms with van der Waals surface area (Å²) in [6.45, 7) is 11.4. The van der Waals surface area contributed by atoms with E-state index in [1.807, 2.05) is 24.3 Å². The first kappa shape index (κ1) is 19.0. The molecule has 0 aliphatic rings. The molecule has 0 aliphatic carbocycles. The SMILES string of the molecule is CC(C)c1ccc(CNC(=O)c2ccc(/C=C/C(C)(C)C)cc2)cc1. The maximum absolute atomic E-state index is 12.3. The molecule has 0 aromatic heterocycles. The van der Waals surface area contributed by atoms with Crippen LogP contribution in [0.1, 0.15) is 67.6 Å². The van der Waals surface area contributed by atoms with Gasteiger partial charge in [0.1, 0.15) is 0 Å². The summed E-state index contributed by atoms with van der Waals surface area (Å²) >= 11 is 0. The number of carbonyl (C=O) groups is 1. The van der Waals surface area contributed by atoms with Crippen LogP contribution in [0.5, 0.6) is 0 Å². The molecule has 2 heteroatoms. The molecule has 2 rings (SSSR count). The summed E-state index contributed by atoms with van der Waals surface area (Å²) in [6.07, 6.45) is 4.26. The zero-order valence-corrected chi connectivity index (χ0v) is 16.0. The van der Waals surface area contributed by atoms with Crippen molar-refractivity contribution < 1.29 is 4.79 Å². The first-order chi connectivity index (χ1) is 11.7. The van der Waals surface area contributed by atoms with Gasteiger partial charge >= 0.3 is 0 Å². The Bertz CT molecular complexity index is 716. The van der Waals surface area contributed by atoms with Crippen LogP contribution in [0.4, 0.5) is 0 Å². The van der Waals surface area contributed by atoms with Crippen LogP contribution in [0.2, 0.25) is 0 Å². The zero-order chi connectivity index (χ0) is 18.4. The van der Waals surface area contributed by atoms with Crippen LogP contribution in [0.15, 0.2) is 54.6 Å². The summed E-state index contributed by atoms with van der Waals surface area (Å²) < 4.78 is 0. The highest BCUT2D eigenvalue weighted by atomic mass is 16.1. The fourth-order valence-electron chi connectivity index (χ4n) is 2.40. The molecule has 0 spiro atoms. The second-order valence-electron chi connectivity index (χ2n) is 7.90. The molecule has 0 radical (unpaired) electrons. The summed E-state index contributed by atoms with van der Waals surface area (Å²) in [7, 11) is 0. The van der Waals surface area contributed by atoms with E-state index in [0.717, 1.165) is 11.1 Å². The van der Waals surface area contributed by atoms with Crippen LogP contribution in [0.25, 0.3) is 6.08 Å². The van der Waals surface area contributed by atoms with Crippen molar-refractivity contribution in [3.8, 4) is 0 Å². The van der Waals surface area contributed by atoms with Gasteiger partial charge in [0.05, 0.1) is 0 Å². The third-order valence-electron chi connectivity index (χ3n) is 4.05. The Balaban J connectivity index is 1.93. The Morgan fingerprint density at radius 1 is 1.00 bits per heavy atom. The number of benzene rings is 2. The molecule has 1 N–H and O–H groups in total. The fourth-order valence-corrected chi connectivity index (χ4v) is 2.40. The molecule has 0 unspecified atom stereocenters. The van der Waals surface area contributed by atoms with E-state index in [0.29, 0.717) is 18.0 Å². The second-order valence-corrected chi connectivity index (χ2v) is 7.90. The molecule has 2 aromatic rings. The number of hydrogen-bond acceptors (Lipinski definition) is 1. The summed E-state index contributed by atoms with van der Waals surface area (Å²) in [4.78, 5) is 12.3. The molecular weight excluding hydrogens is 306 g/mol. The quantitative estimate of drug-likeness (QED) is 0.735. The number of hydrogen-bond donors (Lipinski definition) is 1. The largest absolute Gasteiger partial charge is 0.348 e. The van der Waals surface area contributed by atoms with Gasteiger partial charge in [-0.1, -0.05) is 83.2 Å². The van der Waals surface area contributed by atoms with Gasteiger partial charge in [-0.05, 0) is 40.2 Å². The number of carbonyl (C=O) groups excluding carboxylic acids is 1. The van der Waals surface area contributed by atoms with Crippen LogP contribution in [-0.4, -0.2) is 5.91 Å². The Morgan fingerprint density at radius 3 is 2.12 bits per heavy atom. The summed E-state index contributed by atoms with van der Waals surface area (Å²) in [5.41, 5.74) is 4.38. The molecule has 0 bridgehead atoms. The highest BCUT2D eigenvalue weighted by Gasteiger charge is 2.06. The van der Waals surface area contributed by atoms with Crippen molar-refractivity contribution in [2.45, 2.75) is 47.1 Å². The molecule has 2 aromatic carbocycles. The summed E-state index contributed by atoms with van der Waals surface area (Å²) in [5, 5.41) is 2.98. The molecular formula is C23H29NO. The van der Waals surface area contributed by atoms with Crippen molar-refractivity contribution in [3.63, 3.8) is 0 Å². The van der Waals surface area contributed by atoms with Gasteiger partial charge < -0.3 is 5.32 Å². The minimum atomic E-state index is -0.0423. The lowest BCUT2D eigenvalue weighted by atomic mass is 9.95. The fraction of sp³-hybridized carbons (Fsp3) is 0.348. The van der Waals surface area contributed by atoms with Gasteiger partial charge in [0, 0.05) is 12.1 Å². The third kappa shape index (κ3) is 6.22. The smallest absolute Gasteiger partial charge is 0.251 e. The molecule has 0 saturated carbocycles. The Morgan fingerprint density at radius 2 is 1.60 bits per heavy atom. The molecule has 0 fully saturated rings. The summed E-state index contributed by atoms with van der Waals surface area (Å²) in [5.74, 6) is 0.480. The highest BCUT2D eigenvalue weighted by molar-refractivity contribution is 5.94. The zero-order valence-electron chi connectivity index (χ0n) is 16.0. The number of amides is 1. The van der Waals surface area contributed by atoms with Crippen molar-refractivity contribution in [1.82, 2.24) is 5.32 Å². The predicted octanol–water partition coefficient (Wildman–Crippen LogP) is 5.80. The lowest BCUT2D eigenvalue weighted by Gasteiger charge is -2.11. The van der Waals surface area contributed by atoms with Crippen LogP contribution in [-0.2, 0) is 6.54 Å². The monoisotopic (exact) mass is 335 g/mol. The van der Waals surface area contributed by atoms with Crippen molar-refractivity contribution in [2.75, 3.05) is 0 Å². The molecule has 1 amide bonds. The lowest BCUT2D eigenvalue weighted by molar-refractivity contribution is 0.0951. The normalized spacial score (nSPS) is 11.9. The van der Waals surface area contributed by atoms with E-state index in [1.165, 1.54) is 5.56 Å². The van der Waals surface area contributed by atoms with Crippen molar-refractivity contribution in [1.29, 1.82) is 0 Å². The Kier molecular flexibility index (Phi) is 6.19. The number of nitrogens with one attached hydrogen (secondary N) is 1. The van der Waals surface area contributed by atoms with Gasteiger partial charge in [0.25, 0.3) is 5.91 Å². The molecule has 2 nitrogen and oxygen atoms in total. The van der Waals surface area contributed by atoms with E-state index in [4.69, 9.17) is 0 Å². The second kappa shape index (κ2) is 8.15. The van der Waals surface area contributed by atoms with Crippen molar-refractivity contribution in [2.24, 2.45) is 5.41 Å². The van der Waals surface area contributed by atoms with E-state index in [9.17, 15) is 4.79 Å². The van der Waals surface area contributed by atoms with E-state index in [2.05, 4.69) is 76.4 Å². The average Bonchev–Trinajstić information content (AvgIpc) is 2.58. The van der Waals surface area contributed by atoms with Gasteiger partial charge in [0.15, 0.2) is 0 Å². The number of rotatable bonds is 5. The molecule has 0 atom stereocenters. The first-order valence-electron chi connectivity index (χ1n) is 8.91. The molecule has 132 valence electrons. The van der Waals surface area contributed by atoms with Gasteiger partial charge in [-0.2, -0.15) is 0 Å². The van der Waals surface area contributed by atoms with E-state index in [-0.39, 0.29) is 11.3 Å². The lowest BCUT2D eigenvalue weighted by Crippen LogP contribution is -2.22. The molecule has 25 heavy (non-hydrogen) atoms. The van der Waals surface area contributed by atoms with E-state index < -0.39 is 0 Å². The van der Waals surface area contributed by atoms with E-state index in [1.54, 1.807) is 0 Å². The van der Waals surface area contributed by atoms with Crippen LogP contribution in [0, 0.1) is 5.41 Å². The van der Waals surface area contributed by atoms with Crippen LogP contribution in [0.3, 0.4) is 0 Å². The number of allylic oxidation sites excluding steroid dienone is 1. The van der Waals surface area contributed by atoms with E-state index >= 15 is 0 Å². The average molecular weight is 335 g/mol. The maximum Gasteiger partial charge on any atom is 0.251 e. The molecule has 0 saturated heterocycles. The molecule has 0 heterocycles. The topological polar surface area (TPSA) is 29.1 Å². The third-order valence-corrected chi connectivity index (χ3v) is 4.05. The van der Waals surface area contributed by atoms with Gasteiger partial charge in [-0.15, -0.1) is 0 Å².